The number of benzene rings is 1. The summed E-state index contributed by atoms with van der Waals surface area (Å²) in [5, 5.41) is 2.66. The summed E-state index contributed by atoms with van der Waals surface area (Å²) >= 11 is 0. The summed E-state index contributed by atoms with van der Waals surface area (Å²) in [6.45, 7) is 4.64. The predicted octanol–water partition coefficient (Wildman–Crippen LogP) is 1.53. The van der Waals surface area contributed by atoms with Crippen molar-refractivity contribution in [1.82, 2.24) is 0 Å². The fraction of sp³-hybridized carbons (Fsp3) is 0.333. The number of sulfone groups is 1. The third kappa shape index (κ3) is 3.89. The van der Waals surface area contributed by atoms with Gasteiger partial charge in [0.05, 0.1) is 10.6 Å². The zero-order valence-electron chi connectivity index (χ0n) is 13.2. The van der Waals surface area contributed by atoms with Crippen molar-refractivity contribution in [3.05, 3.63) is 35.5 Å². The molecule has 23 heavy (non-hydrogen) atoms. The molecule has 2 rings (SSSR count). The second kappa shape index (κ2) is 5.69. The highest BCUT2D eigenvalue weighted by Gasteiger charge is 2.39. The van der Waals surface area contributed by atoms with Crippen LogP contribution in [0.2, 0.25) is 0 Å². The van der Waals surface area contributed by atoms with Gasteiger partial charge in [-0.1, -0.05) is 6.07 Å². The van der Waals surface area contributed by atoms with E-state index in [9.17, 15) is 18.0 Å². The van der Waals surface area contributed by atoms with E-state index in [-0.39, 0.29) is 16.2 Å². The third-order valence-corrected chi connectivity index (χ3v) is 4.16. The monoisotopic (exact) mass is 339 g/mol. The number of hydrogen-bond acceptors (Lipinski definition) is 7. The molecule has 0 aliphatic carbocycles. The van der Waals surface area contributed by atoms with Crippen LogP contribution in [0, 0.1) is 6.92 Å². The zero-order chi connectivity index (χ0) is 17.4. The first kappa shape index (κ1) is 17.0. The predicted molar refractivity (Wildman–Crippen MR) is 82.3 cm³/mol. The van der Waals surface area contributed by atoms with E-state index < -0.39 is 27.6 Å². The first-order chi connectivity index (χ1) is 10.5. The van der Waals surface area contributed by atoms with Crippen LogP contribution in [0.3, 0.4) is 0 Å². The molecule has 0 atom stereocenters. The lowest BCUT2D eigenvalue weighted by molar-refractivity contribution is -0.222. The molecule has 1 fully saturated rings. The van der Waals surface area contributed by atoms with E-state index in [4.69, 9.17) is 9.47 Å². The Hall–Kier alpha value is -2.35. The first-order valence-electron chi connectivity index (χ1n) is 6.74. The van der Waals surface area contributed by atoms with Crippen LogP contribution in [-0.2, 0) is 28.9 Å². The van der Waals surface area contributed by atoms with E-state index in [0.717, 1.165) is 18.0 Å². The normalized spacial score (nSPS) is 17.3. The number of aryl methyl sites for hydroxylation is 1. The van der Waals surface area contributed by atoms with Gasteiger partial charge in [-0.05, 0) is 24.6 Å². The summed E-state index contributed by atoms with van der Waals surface area (Å²) < 4.78 is 33.6. The maximum atomic E-state index is 11.8. The fourth-order valence-corrected chi connectivity index (χ4v) is 2.91. The molecule has 1 aliphatic heterocycles. The van der Waals surface area contributed by atoms with Gasteiger partial charge in [-0.15, -0.1) is 0 Å². The highest BCUT2D eigenvalue weighted by Crippen LogP contribution is 2.25. The summed E-state index contributed by atoms with van der Waals surface area (Å²) in [5.41, 5.74) is 0.669. The molecule has 1 aromatic carbocycles. The van der Waals surface area contributed by atoms with Gasteiger partial charge in [0.1, 0.15) is 0 Å². The minimum atomic E-state index is -3.48. The number of cyclic esters (lactones) is 2. The molecule has 0 bridgehead atoms. The smallest absolute Gasteiger partial charge is 0.350 e. The SMILES string of the molecule is Cc1ccc(NC=C2C(=O)OC(C)(C)OC2=O)c(S(C)(=O)=O)c1. The maximum Gasteiger partial charge on any atom is 0.350 e. The molecular formula is C15H17NO6S. The Morgan fingerprint density at radius 1 is 1.13 bits per heavy atom. The summed E-state index contributed by atoms with van der Waals surface area (Å²) in [5.74, 6) is -3.01. The van der Waals surface area contributed by atoms with Crippen molar-refractivity contribution >= 4 is 27.5 Å². The summed E-state index contributed by atoms with van der Waals surface area (Å²) in [7, 11) is -3.48. The van der Waals surface area contributed by atoms with Gasteiger partial charge in [0, 0.05) is 26.3 Å². The largest absolute Gasteiger partial charge is 0.419 e. The molecule has 0 spiro atoms. The summed E-state index contributed by atoms with van der Waals surface area (Å²) in [6.07, 6.45) is 2.16. The van der Waals surface area contributed by atoms with Crippen LogP contribution in [0.1, 0.15) is 19.4 Å². The van der Waals surface area contributed by atoms with Crippen molar-refractivity contribution in [3.8, 4) is 0 Å². The van der Waals surface area contributed by atoms with Crippen molar-refractivity contribution in [3.63, 3.8) is 0 Å². The van der Waals surface area contributed by atoms with E-state index in [1.165, 1.54) is 19.9 Å². The van der Waals surface area contributed by atoms with E-state index in [1.54, 1.807) is 19.1 Å². The summed E-state index contributed by atoms with van der Waals surface area (Å²) in [4.78, 5) is 23.7. The van der Waals surface area contributed by atoms with E-state index in [2.05, 4.69) is 5.32 Å². The molecule has 0 radical (unpaired) electrons. The van der Waals surface area contributed by atoms with Crippen molar-refractivity contribution < 1.29 is 27.5 Å². The lowest BCUT2D eigenvalue weighted by Crippen LogP contribution is -2.42. The second-order valence-electron chi connectivity index (χ2n) is 5.65. The molecule has 1 saturated heterocycles. The number of carbonyl (C=O) groups excluding carboxylic acids is 2. The number of carbonyl (C=O) groups is 2. The first-order valence-corrected chi connectivity index (χ1v) is 8.63. The standard InChI is InChI=1S/C15H17NO6S/c1-9-5-6-11(12(7-9)23(4,19)20)16-8-10-13(17)21-15(2,3)22-14(10)18/h5-8,16H,1-4H3. The number of rotatable bonds is 3. The molecule has 1 aromatic rings. The number of hydrogen-bond donors (Lipinski definition) is 1. The van der Waals surface area contributed by atoms with E-state index >= 15 is 0 Å². The van der Waals surface area contributed by atoms with Gasteiger partial charge in [0.2, 0.25) is 0 Å². The molecule has 0 amide bonds. The van der Waals surface area contributed by atoms with Crippen LogP contribution in [-0.4, -0.2) is 32.4 Å². The summed E-state index contributed by atoms with van der Waals surface area (Å²) in [6, 6.07) is 4.75. The number of anilines is 1. The topological polar surface area (TPSA) is 98.8 Å². The Morgan fingerprint density at radius 3 is 2.22 bits per heavy atom. The molecule has 8 heteroatoms. The molecule has 1 aliphatic rings. The zero-order valence-corrected chi connectivity index (χ0v) is 14.0. The van der Waals surface area contributed by atoms with Crippen LogP contribution >= 0.6 is 0 Å². The average Bonchev–Trinajstić information content (AvgIpc) is 2.36. The van der Waals surface area contributed by atoms with Crippen LogP contribution in [0.5, 0.6) is 0 Å². The fourth-order valence-electron chi connectivity index (χ4n) is 1.98. The second-order valence-corrected chi connectivity index (χ2v) is 7.64. The van der Waals surface area contributed by atoms with Crippen LogP contribution in [0.4, 0.5) is 5.69 Å². The molecule has 0 unspecified atom stereocenters. The Bertz CT molecular complexity index is 785. The highest BCUT2D eigenvalue weighted by molar-refractivity contribution is 7.90. The Kier molecular flexibility index (Phi) is 4.21. The van der Waals surface area contributed by atoms with Crippen LogP contribution in [0.25, 0.3) is 0 Å². The minimum absolute atomic E-state index is 0.0622. The van der Waals surface area contributed by atoms with Crippen molar-refractivity contribution in [1.29, 1.82) is 0 Å². The van der Waals surface area contributed by atoms with Crippen LogP contribution < -0.4 is 5.32 Å². The third-order valence-electron chi connectivity index (χ3n) is 3.03. The van der Waals surface area contributed by atoms with E-state index in [1.807, 2.05) is 0 Å². The van der Waals surface area contributed by atoms with Gasteiger partial charge in [-0.25, -0.2) is 18.0 Å². The molecule has 0 aromatic heterocycles. The van der Waals surface area contributed by atoms with Gasteiger partial charge in [-0.2, -0.15) is 0 Å². The van der Waals surface area contributed by atoms with Crippen molar-refractivity contribution in [2.75, 3.05) is 11.6 Å². The van der Waals surface area contributed by atoms with E-state index in [0.29, 0.717) is 0 Å². The Labute approximate surface area is 134 Å². The Balaban J connectivity index is 2.34. The molecule has 7 nitrogen and oxygen atoms in total. The quantitative estimate of drug-likeness (QED) is 0.506. The molecule has 1 N–H and O–H groups in total. The number of ether oxygens (including phenoxy) is 2. The number of esters is 2. The molecule has 0 saturated carbocycles. The van der Waals surface area contributed by atoms with Gasteiger partial charge in [0.15, 0.2) is 15.4 Å². The van der Waals surface area contributed by atoms with Crippen molar-refractivity contribution in [2.24, 2.45) is 0 Å². The lowest BCUT2D eigenvalue weighted by atomic mass is 10.2. The van der Waals surface area contributed by atoms with Crippen LogP contribution in [0.15, 0.2) is 34.9 Å². The molecule has 1 heterocycles. The maximum absolute atomic E-state index is 11.8. The van der Waals surface area contributed by atoms with Gasteiger partial charge >= 0.3 is 11.9 Å². The lowest BCUT2D eigenvalue weighted by Gasteiger charge is -2.29. The molecule has 124 valence electrons. The highest BCUT2D eigenvalue weighted by atomic mass is 32.2. The Morgan fingerprint density at radius 2 is 1.70 bits per heavy atom. The van der Waals surface area contributed by atoms with Gasteiger partial charge < -0.3 is 14.8 Å². The van der Waals surface area contributed by atoms with Gasteiger partial charge in [0.25, 0.3) is 5.79 Å². The molecular weight excluding hydrogens is 322 g/mol. The van der Waals surface area contributed by atoms with Crippen molar-refractivity contribution in [2.45, 2.75) is 31.5 Å². The average molecular weight is 339 g/mol. The van der Waals surface area contributed by atoms with Gasteiger partial charge in [-0.3, -0.25) is 0 Å². The number of nitrogens with one attached hydrogen (secondary N) is 1. The minimum Gasteiger partial charge on any atom is -0.419 e.